The SMILES string of the molecule is CC.CN=C(N)C1CCCN1C. The molecule has 3 nitrogen and oxygen atoms in total. The number of rotatable bonds is 1. The molecule has 1 saturated heterocycles. The molecule has 72 valence electrons. The first kappa shape index (κ1) is 11.4. The summed E-state index contributed by atoms with van der Waals surface area (Å²) >= 11 is 0. The van der Waals surface area contributed by atoms with E-state index in [-0.39, 0.29) is 0 Å². The van der Waals surface area contributed by atoms with Crippen LogP contribution >= 0.6 is 0 Å². The lowest BCUT2D eigenvalue weighted by molar-refractivity contribution is 0.371. The monoisotopic (exact) mass is 171 g/mol. The predicted octanol–water partition coefficient (Wildman–Crippen LogP) is 1.09. The molecule has 1 fully saturated rings. The van der Waals surface area contributed by atoms with Crippen LogP contribution in [0.25, 0.3) is 0 Å². The van der Waals surface area contributed by atoms with E-state index in [2.05, 4.69) is 16.9 Å². The fourth-order valence-electron chi connectivity index (χ4n) is 1.43. The van der Waals surface area contributed by atoms with Crippen molar-refractivity contribution in [1.29, 1.82) is 0 Å². The van der Waals surface area contributed by atoms with Gasteiger partial charge in [0, 0.05) is 7.05 Å². The summed E-state index contributed by atoms with van der Waals surface area (Å²) < 4.78 is 0. The minimum Gasteiger partial charge on any atom is -0.386 e. The van der Waals surface area contributed by atoms with Crippen LogP contribution in [0, 0.1) is 0 Å². The number of aliphatic imine (C=N–C) groups is 1. The van der Waals surface area contributed by atoms with E-state index >= 15 is 0 Å². The summed E-state index contributed by atoms with van der Waals surface area (Å²) in [6.07, 6.45) is 2.41. The number of amidine groups is 1. The number of nitrogens with zero attached hydrogens (tertiary/aromatic N) is 2. The van der Waals surface area contributed by atoms with Gasteiger partial charge in [0.15, 0.2) is 0 Å². The average molecular weight is 171 g/mol. The van der Waals surface area contributed by atoms with Crippen LogP contribution in [-0.4, -0.2) is 37.4 Å². The third-order valence-electron chi connectivity index (χ3n) is 2.12. The number of likely N-dealkylation sites (tertiary alicyclic amines) is 1. The molecule has 1 atom stereocenters. The molecular weight excluding hydrogens is 150 g/mol. The van der Waals surface area contributed by atoms with Gasteiger partial charge >= 0.3 is 0 Å². The Balaban J connectivity index is 0.000000561. The summed E-state index contributed by atoms with van der Waals surface area (Å²) in [6.45, 7) is 5.15. The van der Waals surface area contributed by atoms with Gasteiger partial charge in [-0.15, -0.1) is 0 Å². The van der Waals surface area contributed by atoms with Gasteiger partial charge < -0.3 is 5.73 Å². The maximum Gasteiger partial charge on any atom is 0.111 e. The van der Waals surface area contributed by atoms with Crippen LogP contribution < -0.4 is 5.73 Å². The zero-order chi connectivity index (χ0) is 9.56. The summed E-state index contributed by atoms with van der Waals surface area (Å²) in [5, 5.41) is 0. The van der Waals surface area contributed by atoms with E-state index in [0.717, 1.165) is 12.4 Å². The van der Waals surface area contributed by atoms with Crippen molar-refractivity contribution < 1.29 is 0 Å². The van der Waals surface area contributed by atoms with Crippen molar-refractivity contribution in [2.24, 2.45) is 10.7 Å². The molecule has 0 radical (unpaired) electrons. The number of nitrogens with two attached hydrogens (primary N) is 1. The van der Waals surface area contributed by atoms with Gasteiger partial charge in [-0.2, -0.15) is 0 Å². The van der Waals surface area contributed by atoms with Gasteiger partial charge in [0.2, 0.25) is 0 Å². The Kier molecular flexibility index (Phi) is 5.72. The molecule has 0 aromatic carbocycles. The third kappa shape index (κ3) is 2.81. The standard InChI is InChI=1S/C7H15N3.C2H6/c1-9-7(8)6-4-3-5-10(6)2;1-2/h6H,3-5H2,1-2H3,(H2,8,9);1-2H3. The maximum atomic E-state index is 5.68. The molecule has 1 heterocycles. The fraction of sp³-hybridized carbons (Fsp3) is 0.889. The van der Waals surface area contributed by atoms with Crippen LogP contribution in [0.3, 0.4) is 0 Å². The fourth-order valence-corrected chi connectivity index (χ4v) is 1.43. The largest absolute Gasteiger partial charge is 0.386 e. The van der Waals surface area contributed by atoms with Gasteiger partial charge in [-0.05, 0) is 26.4 Å². The van der Waals surface area contributed by atoms with Gasteiger partial charge in [0.25, 0.3) is 0 Å². The molecule has 0 saturated carbocycles. The second-order valence-electron chi connectivity index (χ2n) is 2.79. The molecule has 1 aliphatic heterocycles. The summed E-state index contributed by atoms with van der Waals surface area (Å²) in [7, 11) is 3.84. The summed E-state index contributed by atoms with van der Waals surface area (Å²) in [6, 6.07) is 0.407. The van der Waals surface area contributed by atoms with Gasteiger partial charge in [-0.25, -0.2) is 0 Å². The van der Waals surface area contributed by atoms with Crippen molar-refractivity contribution in [2.45, 2.75) is 32.7 Å². The minimum atomic E-state index is 0.407. The van der Waals surface area contributed by atoms with Crippen LogP contribution in [0.5, 0.6) is 0 Å². The molecule has 1 aliphatic rings. The zero-order valence-corrected chi connectivity index (χ0v) is 8.67. The Morgan fingerprint density at radius 2 is 2.08 bits per heavy atom. The van der Waals surface area contributed by atoms with E-state index in [0.29, 0.717) is 6.04 Å². The van der Waals surface area contributed by atoms with Gasteiger partial charge in [0.05, 0.1) is 6.04 Å². The molecule has 0 amide bonds. The lowest BCUT2D eigenvalue weighted by Crippen LogP contribution is -2.37. The van der Waals surface area contributed by atoms with Gasteiger partial charge in [0.1, 0.15) is 5.84 Å². The Morgan fingerprint density at radius 3 is 2.42 bits per heavy atom. The van der Waals surface area contributed by atoms with E-state index in [1.165, 1.54) is 12.8 Å². The lowest BCUT2D eigenvalue weighted by atomic mass is 10.2. The Hall–Kier alpha value is -0.570. The second kappa shape index (κ2) is 6.00. The number of likely N-dealkylation sites (N-methyl/N-ethyl adjacent to an activating group) is 1. The number of hydrogen-bond acceptors (Lipinski definition) is 2. The first-order valence-corrected chi connectivity index (χ1v) is 4.68. The first-order valence-electron chi connectivity index (χ1n) is 4.68. The Morgan fingerprint density at radius 1 is 1.50 bits per heavy atom. The molecule has 0 aliphatic carbocycles. The number of hydrogen-bond donors (Lipinski definition) is 1. The average Bonchev–Trinajstić information content (AvgIpc) is 2.54. The van der Waals surface area contributed by atoms with Crippen LogP contribution in [0.15, 0.2) is 4.99 Å². The summed E-state index contributed by atoms with van der Waals surface area (Å²) in [5.74, 6) is 0.778. The van der Waals surface area contributed by atoms with E-state index < -0.39 is 0 Å². The Labute approximate surface area is 75.7 Å². The van der Waals surface area contributed by atoms with E-state index in [1.807, 2.05) is 13.8 Å². The van der Waals surface area contributed by atoms with Gasteiger partial charge in [-0.1, -0.05) is 13.8 Å². The normalized spacial score (nSPS) is 25.0. The summed E-state index contributed by atoms with van der Waals surface area (Å²) in [5.41, 5.74) is 5.68. The Bertz CT molecular complexity index is 143. The highest BCUT2D eigenvalue weighted by Gasteiger charge is 2.23. The molecule has 1 unspecified atom stereocenters. The van der Waals surface area contributed by atoms with E-state index in [4.69, 9.17) is 5.73 Å². The molecule has 12 heavy (non-hydrogen) atoms. The van der Waals surface area contributed by atoms with Crippen molar-refractivity contribution in [2.75, 3.05) is 20.6 Å². The first-order chi connectivity index (χ1) is 5.75. The highest BCUT2D eigenvalue weighted by atomic mass is 15.2. The third-order valence-corrected chi connectivity index (χ3v) is 2.12. The van der Waals surface area contributed by atoms with Crippen molar-refractivity contribution in [1.82, 2.24) is 4.90 Å². The highest BCUT2D eigenvalue weighted by molar-refractivity contribution is 5.85. The second-order valence-corrected chi connectivity index (χ2v) is 2.79. The van der Waals surface area contributed by atoms with Crippen molar-refractivity contribution in [3.63, 3.8) is 0 Å². The molecular formula is C9H21N3. The molecule has 3 heteroatoms. The van der Waals surface area contributed by atoms with Crippen LogP contribution in [0.4, 0.5) is 0 Å². The lowest BCUT2D eigenvalue weighted by Gasteiger charge is -2.17. The molecule has 0 aromatic heterocycles. The molecule has 0 spiro atoms. The smallest absolute Gasteiger partial charge is 0.111 e. The van der Waals surface area contributed by atoms with Crippen LogP contribution in [0.1, 0.15) is 26.7 Å². The quantitative estimate of drug-likeness (QED) is 0.474. The van der Waals surface area contributed by atoms with E-state index in [9.17, 15) is 0 Å². The van der Waals surface area contributed by atoms with Crippen LogP contribution in [-0.2, 0) is 0 Å². The highest BCUT2D eigenvalue weighted by Crippen LogP contribution is 2.13. The molecule has 2 N–H and O–H groups in total. The van der Waals surface area contributed by atoms with Gasteiger partial charge in [-0.3, -0.25) is 9.89 Å². The molecule has 0 bridgehead atoms. The zero-order valence-electron chi connectivity index (χ0n) is 8.67. The topological polar surface area (TPSA) is 41.6 Å². The molecule has 1 rings (SSSR count). The van der Waals surface area contributed by atoms with Crippen molar-refractivity contribution in [3.8, 4) is 0 Å². The summed E-state index contributed by atoms with van der Waals surface area (Å²) in [4.78, 5) is 6.23. The van der Waals surface area contributed by atoms with Crippen LogP contribution in [0.2, 0.25) is 0 Å². The minimum absolute atomic E-state index is 0.407. The van der Waals surface area contributed by atoms with E-state index in [1.54, 1.807) is 7.05 Å². The van der Waals surface area contributed by atoms with Crippen molar-refractivity contribution in [3.05, 3.63) is 0 Å². The van der Waals surface area contributed by atoms with Crippen molar-refractivity contribution >= 4 is 5.84 Å². The molecule has 0 aromatic rings. The maximum absolute atomic E-state index is 5.68. The predicted molar refractivity (Wildman–Crippen MR) is 54.5 cm³/mol.